The van der Waals surface area contributed by atoms with Crippen LogP contribution in [0.2, 0.25) is 0 Å². The average molecular weight is 400 g/mol. The first-order valence-corrected chi connectivity index (χ1v) is 10.2. The van der Waals surface area contributed by atoms with Crippen molar-refractivity contribution in [1.29, 1.82) is 21.2 Å². The minimum Gasteiger partial charge on any atom is -0.454 e. The number of nitrogens with one attached hydrogen (secondary N) is 1. The third-order valence-electron chi connectivity index (χ3n) is 6.98. The predicted molar refractivity (Wildman–Crippen MR) is 110 cm³/mol. The number of nitriles is 3. The molecule has 0 spiro atoms. The van der Waals surface area contributed by atoms with Crippen LogP contribution in [0.1, 0.15) is 45.1 Å². The molecule has 1 saturated carbocycles. The summed E-state index contributed by atoms with van der Waals surface area (Å²) in [5.74, 6) is 0.0211. The van der Waals surface area contributed by atoms with Crippen molar-refractivity contribution in [2.24, 2.45) is 28.6 Å². The van der Waals surface area contributed by atoms with Crippen LogP contribution in [0, 0.1) is 68.0 Å². The zero-order valence-electron chi connectivity index (χ0n) is 17.4. The first kappa shape index (κ1) is 20.0. The summed E-state index contributed by atoms with van der Waals surface area (Å²) in [5, 5.41) is 38.9. The lowest BCUT2D eigenvalue weighted by Crippen LogP contribution is -2.50. The highest BCUT2D eigenvalue weighted by atomic mass is 16.7. The van der Waals surface area contributed by atoms with Gasteiger partial charge >= 0.3 is 0 Å². The van der Waals surface area contributed by atoms with E-state index in [-0.39, 0.29) is 23.8 Å². The lowest BCUT2D eigenvalue weighted by molar-refractivity contribution is 0.167. The van der Waals surface area contributed by atoms with E-state index < -0.39 is 17.3 Å². The third-order valence-corrected chi connectivity index (χ3v) is 6.98. The molecule has 3 aliphatic rings. The number of allylic oxidation sites excluding steroid dienone is 2. The molecule has 30 heavy (non-hydrogen) atoms. The van der Waals surface area contributed by atoms with Crippen LogP contribution >= 0.6 is 0 Å². The molecule has 6 nitrogen and oxygen atoms in total. The highest BCUT2D eigenvalue weighted by molar-refractivity contribution is 6.00. The zero-order chi connectivity index (χ0) is 21.7. The standard InChI is InChI=1S/C24H24N4O2/c1-23(2,3)15-5-6-16-17(9-15)21(14-4-7-19-20(8-14)30-13-29-19)24(11-26,12-27)22(28)18(16)10-25/h4,6-8,15,17-18,21,28H,5,9,13H2,1-3H3/t15-,17+,18?,21-/m1/s1. The van der Waals surface area contributed by atoms with Crippen LogP contribution in [0.25, 0.3) is 0 Å². The Bertz CT molecular complexity index is 1050. The number of benzene rings is 1. The topological polar surface area (TPSA) is 114 Å². The van der Waals surface area contributed by atoms with E-state index in [1.54, 1.807) is 6.07 Å². The molecule has 1 fully saturated rings. The molecule has 1 aliphatic heterocycles. The normalized spacial score (nSPS) is 29.1. The highest BCUT2D eigenvalue weighted by Crippen LogP contribution is 2.58. The summed E-state index contributed by atoms with van der Waals surface area (Å²) in [6.45, 7) is 6.72. The third kappa shape index (κ3) is 2.78. The van der Waals surface area contributed by atoms with E-state index in [9.17, 15) is 15.8 Å². The van der Waals surface area contributed by atoms with Crippen LogP contribution in [0.5, 0.6) is 11.5 Å². The Morgan fingerprint density at radius 1 is 1.10 bits per heavy atom. The first-order chi connectivity index (χ1) is 14.3. The lowest BCUT2D eigenvalue weighted by Gasteiger charge is -2.49. The lowest BCUT2D eigenvalue weighted by atomic mass is 9.51. The molecule has 0 amide bonds. The SMILES string of the molecule is CC(C)(C)[C@@H]1CC=C2C(C#N)C(=N)C(C#N)(C#N)[C@H](c3ccc4c(c3)OCO4)[C@H]2C1. The largest absolute Gasteiger partial charge is 0.454 e. The molecule has 0 bridgehead atoms. The van der Waals surface area contributed by atoms with Crippen LogP contribution in [0.4, 0.5) is 0 Å². The number of hydrogen-bond acceptors (Lipinski definition) is 6. The minimum absolute atomic E-state index is 0.0521. The van der Waals surface area contributed by atoms with E-state index in [2.05, 4.69) is 45.1 Å². The van der Waals surface area contributed by atoms with Gasteiger partial charge in [-0.1, -0.05) is 32.9 Å². The Labute approximate surface area is 176 Å². The second-order valence-electron chi connectivity index (χ2n) is 9.44. The Morgan fingerprint density at radius 2 is 1.80 bits per heavy atom. The van der Waals surface area contributed by atoms with E-state index in [4.69, 9.17) is 14.9 Å². The molecule has 0 radical (unpaired) electrons. The van der Waals surface area contributed by atoms with E-state index in [0.29, 0.717) is 17.4 Å². The Balaban J connectivity index is 1.92. The quantitative estimate of drug-likeness (QED) is 0.686. The number of nitrogens with zero attached hydrogens (tertiary/aromatic N) is 3. The van der Waals surface area contributed by atoms with E-state index >= 15 is 0 Å². The van der Waals surface area contributed by atoms with Gasteiger partial charge in [-0.15, -0.1) is 0 Å². The maximum absolute atomic E-state index is 10.2. The average Bonchev–Trinajstić information content (AvgIpc) is 3.20. The van der Waals surface area contributed by atoms with Crippen molar-refractivity contribution in [1.82, 2.24) is 0 Å². The van der Waals surface area contributed by atoms with Crippen LogP contribution in [0.15, 0.2) is 29.8 Å². The summed E-state index contributed by atoms with van der Waals surface area (Å²) in [6, 6.07) is 12.0. The molecule has 152 valence electrons. The van der Waals surface area contributed by atoms with Crippen LogP contribution in [0.3, 0.4) is 0 Å². The van der Waals surface area contributed by atoms with Crippen molar-refractivity contribution in [2.45, 2.75) is 39.5 Å². The summed E-state index contributed by atoms with van der Waals surface area (Å²) >= 11 is 0. The molecular weight excluding hydrogens is 376 g/mol. The molecule has 0 aromatic heterocycles. The minimum atomic E-state index is -1.70. The van der Waals surface area contributed by atoms with Gasteiger partial charge in [-0.05, 0) is 53.4 Å². The van der Waals surface area contributed by atoms with Gasteiger partial charge in [-0.25, -0.2) is 0 Å². The second kappa shape index (κ2) is 6.89. The van der Waals surface area contributed by atoms with E-state index in [1.807, 2.05) is 12.1 Å². The number of rotatable bonds is 1. The van der Waals surface area contributed by atoms with Crippen molar-refractivity contribution in [3.63, 3.8) is 0 Å². The van der Waals surface area contributed by atoms with Gasteiger partial charge in [0, 0.05) is 5.92 Å². The summed E-state index contributed by atoms with van der Waals surface area (Å²) in [6.07, 6.45) is 3.69. The van der Waals surface area contributed by atoms with E-state index in [1.165, 1.54) is 0 Å². The predicted octanol–water partition coefficient (Wildman–Crippen LogP) is 4.70. The fourth-order valence-electron chi connectivity index (χ4n) is 5.21. The molecule has 1 aromatic rings. The Hall–Kier alpha value is -3.30. The van der Waals surface area contributed by atoms with Crippen molar-refractivity contribution < 1.29 is 9.47 Å². The maximum atomic E-state index is 10.2. The summed E-state index contributed by atoms with van der Waals surface area (Å²) < 4.78 is 11.0. The van der Waals surface area contributed by atoms with Gasteiger partial charge in [0.05, 0.1) is 23.9 Å². The monoisotopic (exact) mass is 400 g/mol. The first-order valence-electron chi connectivity index (χ1n) is 10.2. The van der Waals surface area contributed by atoms with Gasteiger partial charge in [0.2, 0.25) is 6.79 Å². The van der Waals surface area contributed by atoms with Crippen LogP contribution in [-0.2, 0) is 0 Å². The molecule has 1 aromatic carbocycles. The van der Waals surface area contributed by atoms with E-state index in [0.717, 1.165) is 24.0 Å². The van der Waals surface area contributed by atoms with Gasteiger partial charge in [0.1, 0.15) is 5.92 Å². The number of fused-ring (bicyclic) bond motifs is 2. The fourth-order valence-corrected chi connectivity index (χ4v) is 5.21. The van der Waals surface area contributed by atoms with Crippen LogP contribution < -0.4 is 9.47 Å². The zero-order valence-corrected chi connectivity index (χ0v) is 17.4. The van der Waals surface area contributed by atoms with Crippen molar-refractivity contribution in [3.8, 4) is 29.7 Å². The molecule has 6 heteroatoms. The Morgan fingerprint density at radius 3 is 2.43 bits per heavy atom. The molecule has 1 unspecified atom stereocenters. The molecule has 2 aliphatic carbocycles. The molecule has 4 atom stereocenters. The molecule has 1 heterocycles. The fraction of sp³-hybridized carbons (Fsp3) is 0.500. The van der Waals surface area contributed by atoms with Crippen molar-refractivity contribution >= 4 is 5.71 Å². The summed E-state index contributed by atoms with van der Waals surface area (Å²) in [7, 11) is 0. The summed E-state index contributed by atoms with van der Waals surface area (Å²) in [5.41, 5.74) is -0.109. The molecule has 4 rings (SSSR count). The van der Waals surface area contributed by atoms with Gasteiger partial charge in [0.25, 0.3) is 0 Å². The molecule has 1 N–H and O–H groups in total. The summed E-state index contributed by atoms with van der Waals surface area (Å²) in [4.78, 5) is 0. The Kier molecular flexibility index (Phi) is 4.59. The second-order valence-corrected chi connectivity index (χ2v) is 9.44. The van der Waals surface area contributed by atoms with Crippen LogP contribution in [-0.4, -0.2) is 12.5 Å². The number of ether oxygens (including phenoxy) is 2. The van der Waals surface area contributed by atoms with Crippen molar-refractivity contribution in [2.75, 3.05) is 6.79 Å². The van der Waals surface area contributed by atoms with Gasteiger partial charge in [-0.2, -0.15) is 15.8 Å². The van der Waals surface area contributed by atoms with Gasteiger partial charge in [-0.3, -0.25) is 0 Å². The highest BCUT2D eigenvalue weighted by Gasteiger charge is 2.58. The van der Waals surface area contributed by atoms with Gasteiger partial charge in [0.15, 0.2) is 16.9 Å². The number of hydrogen-bond donors (Lipinski definition) is 1. The van der Waals surface area contributed by atoms with Gasteiger partial charge < -0.3 is 14.9 Å². The smallest absolute Gasteiger partial charge is 0.231 e. The molecular formula is C24H24N4O2. The van der Waals surface area contributed by atoms with Crippen molar-refractivity contribution in [3.05, 3.63) is 35.4 Å². The maximum Gasteiger partial charge on any atom is 0.231 e. The molecule has 0 saturated heterocycles.